The SMILES string of the molecule is Cc1cc(F)ccc1CNC1CNC(=O)C1. The minimum Gasteiger partial charge on any atom is -0.354 e. The van der Waals surface area contributed by atoms with Gasteiger partial charge in [-0.05, 0) is 30.2 Å². The third-order valence-electron chi connectivity index (χ3n) is 2.86. The van der Waals surface area contributed by atoms with E-state index in [1.807, 2.05) is 6.92 Å². The lowest BCUT2D eigenvalue weighted by Gasteiger charge is -2.11. The molecule has 0 aromatic heterocycles. The second-order valence-electron chi connectivity index (χ2n) is 4.16. The Morgan fingerprint density at radius 2 is 2.38 bits per heavy atom. The van der Waals surface area contributed by atoms with Gasteiger partial charge in [0.1, 0.15) is 5.82 Å². The largest absolute Gasteiger partial charge is 0.354 e. The molecule has 4 heteroatoms. The Kier molecular flexibility index (Phi) is 3.19. The molecule has 1 heterocycles. The van der Waals surface area contributed by atoms with Crippen LogP contribution in [0.15, 0.2) is 18.2 Å². The minimum atomic E-state index is -0.209. The molecule has 0 spiro atoms. The van der Waals surface area contributed by atoms with Gasteiger partial charge in [0.15, 0.2) is 0 Å². The molecule has 0 aliphatic carbocycles. The van der Waals surface area contributed by atoms with Gasteiger partial charge in [-0.1, -0.05) is 6.07 Å². The van der Waals surface area contributed by atoms with Crippen LogP contribution in [0.5, 0.6) is 0 Å². The van der Waals surface area contributed by atoms with Crippen LogP contribution in [0, 0.1) is 12.7 Å². The predicted octanol–water partition coefficient (Wildman–Crippen LogP) is 1.11. The standard InChI is InChI=1S/C12H15FN2O/c1-8-4-10(13)3-2-9(8)6-14-11-5-12(16)15-7-11/h2-4,11,14H,5-7H2,1H3,(H,15,16). The minimum absolute atomic E-state index is 0.0910. The predicted molar refractivity (Wildman–Crippen MR) is 59.4 cm³/mol. The van der Waals surface area contributed by atoms with Crippen LogP contribution in [0.25, 0.3) is 0 Å². The van der Waals surface area contributed by atoms with Gasteiger partial charge in [-0.15, -0.1) is 0 Å². The molecule has 1 aromatic rings. The summed E-state index contributed by atoms with van der Waals surface area (Å²) in [7, 11) is 0. The van der Waals surface area contributed by atoms with Crippen LogP contribution in [-0.4, -0.2) is 18.5 Å². The number of halogens is 1. The third-order valence-corrected chi connectivity index (χ3v) is 2.86. The van der Waals surface area contributed by atoms with Gasteiger partial charge in [0.25, 0.3) is 0 Å². The molecular formula is C12H15FN2O. The molecule has 2 rings (SSSR count). The molecule has 1 unspecified atom stereocenters. The van der Waals surface area contributed by atoms with Crippen molar-refractivity contribution < 1.29 is 9.18 Å². The van der Waals surface area contributed by atoms with Gasteiger partial charge < -0.3 is 10.6 Å². The Balaban J connectivity index is 1.92. The fourth-order valence-electron chi connectivity index (χ4n) is 1.86. The van der Waals surface area contributed by atoms with Crippen molar-refractivity contribution in [3.05, 3.63) is 35.1 Å². The summed E-state index contributed by atoms with van der Waals surface area (Å²) in [5.41, 5.74) is 2.01. The van der Waals surface area contributed by atoms with E-state index in [-0.39, 0.29) is 17.8 Å². The van der Waals surface area contributed by atoms with E-state index in [9.17, 15) is 9.18 Å². The smallest absolute Gasteiger partial charge is 0.221 e. The molecule has 86 valence electrons. The van der Waals surface area contributed by atoms with Crippen LogP contribution >= 0.6 is 0 Å². The van der Waals surface area contributed by atoms with Gasteiger partial charge >= 0.3 is 0 Å². The maximum atomic E-state index is 12.9. The van der Waals surface area contributed by atoms with Gasteiger partial charge in [-0.2, -0.15) is 0 Å². The van der Waals surface area contributed by atoms with Crippen molar-refractivity contribution >= 4 is 5.91 Å². The van der Waals surface area contributed by atoms with Crippen molar-refractivity contribution in [1.29, 1.82) is 0 Å². The fourth-order valence-corrected chi connectivity index (χ4v) is 1.86. The lowest BCUT2D eigenvalue weighted by atomic mass is 10.1. The van der Waals surface area contributed by atoms with E-state index in [1.165, 1.54) is 12.1 Å². The van der Waals surface area contributed by atoms with E-state index in [2.05, 4.69) is 10.6 Å². The van der Waals surface area contributed by atoms with E-state index >= 15 is 0 Å². The normalized spacial score (nSPS) is 19.9. The lowest BCUT2D eigenvalue weighted by molar-refractivity contribution is -0.119. The van der Waals surface area contributed by atoms with Gasteiger partial charge in [0, 0.05) is 25.6 Å². The van der Waals surface area contributed by atoms with Gasteiger partial charge in [-0.25, -0.2) is 4.39 Å². The Labute approximate surface area is 94.0 Å². The highest BCUT2D eigenvalue weighted by Gasteiger charge is 2.20. The van der Waals surface area contributed by atoms with E-state index in [1.54, 1.807) is 6.07 Å². The average Bonchev–Trinajstić information content (AvgIpc) is 2.63. The second kappa shape index (κ2) is 4.61. The number of hydrogen-bond acceptors (Lipinski definition) is 2. The maximum absolute atomic E-state index is 12.9. The summed E-state index contributed by atoms with van der Waals surface area (Å²) in [5.74, 6) is -0.118. The number of aryl methyl sites for hydroxylation is 1. The summed E-state index contributed by atoms with van der Waals surface area (Å²) in [4.78, 5) is 11.0. The van der Waals surface area contributed by atoms with E-state index < -0.39 is 0 Å². The fraction of sp³-hybridized carbons (Fsp3) is 0.417. The van der Waals surface area contributed by atoms with Crippen molar-refractivity contribution in [3.63, 3.8) is 0 Å². The molecule has 0 bridgehead atoms. The molecular weight excluding hydrogens is 207 g/mol. The molecule has 1 aliphatic rings. The van der Waals surface area contributed by atoms with Crippen molar-refractivity contribution in [3.8, 4) is 0 Å². The van der Waals surface area contributed by atoms with Crippen molar-refractivity contribution in [2.45, 2.75) is 25.9 Å². The van der Waals surface area contributed by atoms with Crippen LogP contribution in [0.1, 0.15) is 17.5 Å². The molecule has 0 radical (unpaired) electrons. The Bertz CT molecular complexity index is 406. The zero-order chi connectivity index (χ0) is 11.5. The Morgan fingerprint density at radius 1 is 1.56 bits per heavy atom. The van der Waals surface area contributed by atoms with E-state index in [0.717, 1.165) is 11.1 Å². The molecule has 2 N–H and O–H groups in total. The summed E-state index contributed by atoms with van der Waals surface area (Å²) in [6, 6.07) is 4.95. The van der Waals surface area contributed by atoms with Crippen molar-refractivity contribution in [2.24, 2.45) is 0 Å². The van der Waals surface area contributed by atoms with E-state index in [0.29, 0.717) is 19.5 Å². The summed E-state index contributed by atoms with van der Waals surface area (Å²) >= 11 is 0. The molecule has 1 saturated heterocycles. The first-order chi connectivity index (χ1) is 7.65. The number of nitrogens with one attached hydrogen (secondary N) is 2. The monoisotopic (exact) mass is 222 g/mol. The molecule has 16 heavy (non-hydrogen) atoms. The maximum Gasteiger partial charge on any atom is 0.221 e. The third kappa shape index (κ3) is 2.58. The lowest BCUT2D eigenvalue weighted by Crippen LogP contribution is -2.30. The average molecular weight is 222 g/mol. The van der Waals surface area contributed by atoms with Crippen LogP contribution in [0.3, 0.4) is 0 Å². The number of carbonyl (C=O) groups is 1. The summed E-state index contributed by atoms with van der Waals surface area (Å²) in [6.45, 7) is 3.24. The molecule has 1 amide bonds. The van der Waals surface area contributed by atoms with E-state index in [4.69, 9.17) is 0 Å². The zero-order valence-electron chi connectivity index (χ0n) is 9.22. The zero-order valence-corrected chi connectivity index (χ0v) is 9.22. The van der Waals surface area contributed by atoms with Crippen LogP contribution < -0.4 is 10.6 Å². The van der Waals surface area contributed by atoms with Gasteiger partial charge in [0.05, 0.1) is 0 Å². The highest BCUT2D eigenvalue weighted by molar-refractivity contribution is 5.78. The molecule has 0 saturated carbocycles. The van der Waals surface area contributed by atoms with Crippen LogP contribution in [0.2, 0.25) is 0 Å². The summed E-state index contributed by atoms with van der Waals surface area (Å²) in [5, 5.41) is 6.05. The first-order valence-corrected chi connectivity index (χ1v) is 5.40. The Morgan fingerprint density at radius 3 is 3.00 bits per heavy atom. The summed E-state index contributed by atoms with van der Waals surface area (Å²) in [6.07, 6.45) is 0.528. The van der Waals surface area contributed by atoms with Crippen molar-refractivity contribution in [2.75, 3.05) is 6.54 Å². The number of benzene rings is 1. The van der Waals surface area contributed by atoms with Crippen molar-refractivity contribution in [1.82, 2.24) is 10.6 Å². The second-order valence-corrected chi connectivity index (χ2v) is 4.16. The Hall–Kier alpha value is -1.42. The first-order valence-electron chi connectivity index (χ1n) is 5.40. The molecule has 1 aromatic carbocycles. The van der Waals surface area contributed by atoms with Gasteiger partial charge in [0.2, 0.25) is 5.91 Å². The number of rotatable bonds is 3. The van der Waals surface area contributed by atoms with Gasteiger partial charge in [-0.3, -0.25) is 4.79 Å². The quantitative estimate of drug-likeness (QED) is 0.804. The molecule has 1 fully saturated rings. The first kappa shape index (κ1) is 11.1. The number of carbonyl (C=O) groups excluding carboxylic acids is 1. The highest BCUT2D eigenvalue weighted by Crippen LogP contribution is 2.10. The number of amides is 1. The van der Waals surface area contributed by atoms with Crippen LogP contribution in [0.4, 0.5) is 4.39 Å². The topological polar surface area (TPSA) is 41.1 Å². The molecule has 3 nitrogen and oxygen atoms in total. The summed E-state index contributed by atoms with van der Waals surface area (Å²) < 4.78 is 12.9. The number of hydrogen-bond donors (Lipinski definition) is 2. The highest BCUT2D eigenvalue weighted by atomic mass is 19.1. The van der Waals surface area contributed by atoms with Crippen LogP contribution in [-0.2, 0) is 11.3 Å². The molecule has 1 aliphatic heterocycles. The molecule has 1 atom stereocenters.